The van der Waals surface area contributed by atoms with Crippen molar-refractivity contribution in [2.75, 3.05) is 6.61 Å². The molecule has 0 N–H and O–H groups in total. The zero-order valence-electron chi connectivity index (χ0n) is 12.9. The van der Waals surface area contributed by atoms with Gasteiger partial charge in [-0.25, -0.2) is 4.39 Å². The van der Waals surface area contributed by atoms with Gasteiger partial charge in [-0.2, -0.15) is 0 Å². The molecule has 2 aromatic carbocycles. The van der Waals surface area contributed by atoms with Gasteiger partial charge in [-0.1, -0.05) is 12.1 Å². The van der Waals surface area contributed by atoms with Gasteiger partial charge in [-0.15, -0.1) is 0 Å². The van der Waals surface area contributed by atoms with Gasteiger partial charge in [0.25, 0.3) is 0 Å². The highest BCUT2D eigenvalue weighted by Gasteiger charge is 2.12. The number of nitro groups is 1. The van der Waals surface area contributed by atoms with Gasteiger partial charge in [0.2, 0.25) is 6.20 Å². The SMILES string of the molecule is CCOc1cc(C=C[N+](=O)[O-])cc(Br)c1OCc1ccc(F)cc1. The molecule has 0 saturated heterocycles. The van der Waals surface area contributed by atoms with E-state index in [1.54, 1.807) is 24.3 Å². The molecule has 0 heterocycles. The first-order chi connectivity index (χ1) is 11.5. The average Bonchev–Trinajstić information content (AvgIpc) is 2.54. The summed E-state index contributed by atoms with van der Waals surface area (Å²) in [7, 11) is 0. The Balaban J connectivity index is 2.23. The molecule has 7 heteroatoms. The van der Waals surface area contributed by atoms with Crippen LogP contribution < -0.4 is 9.47 Å². The predicted molar refractivity (Wildman–Crippen MR) is 92.1 cm³/mol. The van der Waals surface area contributed by atoms with Crippen molar-refractivity contribution in [2.45, 2.75) is 13.5 Å². The largest absolute Gasteiger partial charge is 0.490 e. The van der Waals surface area contributed by atoms with Gasteiger partial charge < -0.3 is 9.47 Å². The molecule has 126 valence electrons. The van der Waals surface area contributed by atoms with Crippen LogP contribution in [0.1, 0.15) is 18.1 Å². The van der Waals surface area contributed by atoms with Gasteiger partial charge >= 0.3 is 0 Å². The van der Waals surface area contributed by atoms with Crippen LogP contribution in [-0.2, 0) is 6.61 Å². The summed E-state index contributed by atoms with van der Waals surface area (Å²) in [6.07, 6.45) is 2.23. The molecule has 24 heavy (non-hydrogen) atoms. The van der Waals surface area contributed by atoms with E-state index in [0.29, 0.717) is 28.1 Å². The summed E-state index contributed by atoms with van der Waals surface area (Å²) in [6.45, 7) is 2.49. The first-order valence-corrected chi connectivity index (χ1v) is 7.94. The van der Waals surface area contributed by atoms with Gasteiger partial charge in [0, 0.05) is 6.08 Å². The van der Waals surface area contributed by atoms with Crippen LogP contribution in [0.25, 0.3) is 6.08 Å². The molecule has 0 aliphatic heterocycles. The number of halogens is 2. The molecule has 0 fully saturated rings. The fourth-order valence-electron chi connectivity index (χ4n) is 1.97. The minimum absolute atomic E-state index is 0.239. The smallest absolute Gasteiger partial charge is 0.235 e. The van der Waals surface area contributed by atoms with Crippen molar-refractivity contribution in [3.63, 3.8) is 0 Å². The Morgan fingerprint density at radius 1 is 1.25 bits per heavy atom. The molecule has 0 unspecified atom stereocenters. The molecule has 2 aromatic rings. The van der Waals surface area contributed by atoms with Crippen molar-refractivity contribution in [1.82, 2.24) is 0 Å². The number of benzene rings is 2. The van der Waals surface area contributed by atoms with Crippen LogP contribution in [0.5, 0.6) is 11.5 Å². The van der Waals surface area contributed by atoms with E-state index < -0.39 is 4.92 Å². The average molecular weight is 396 g/mol. The van der Waals surface area contributed by atoms with E-state index in [4.69, 9.17) is 9.47 Å². The maximum atomic E-state index is 12.9. The second-order valence-electron chi connectivity index (χ2n) is 4.78. The van der Waals surface area contributed by atoms with E-state index in [2.05, 4.69) is 15.9 Å². The molecule has 0 spiro atoms. The summed E-state index contributed by atoms with van der Waals surface area (Å²) in [5.41, 5.74) is 1.42. The highest BCUT2D eigenvalue weighted by atomic mass is 79.9. The van der Waals surface area contributed by atoms with Crippen molar-refractivity contribution in [3.8, 4) is 11.5 Å². The molecule has 0 atom stereocenters. The molecule has 0 aliphatic rings. The Morgan fingerprint density at radius 2 is 1.96 bits per heavy atom. The molecule has 0 aromatic heterocycles. The minimum atomic E-state index is -0.535. The lowest BCUT2D eigenvalue weighted by Crippen LogP contribution is -2.01. The predicted octanol–water partition coefficient (Wildman–Crippen LogP) is 4.81. The minimum Gasteiger partial charge on any atom is -0.490 e. The van der Waals surface area contributed by atoms with E-state index in [-0.39, 0.29) is 12.4 Å². The summed E-state index contributed by atoms with van der Waals surface area (Å²) in [4.78, 5) is 9.91. The second-order valence-corrected chi connectivity index (χ2v) is 5.63. The molecule has 0 amide bonds. The molecule has 5 nitrogen and oxygen atoms in total. The van der Waals surface area contributed by atoms with Crippen LogP contribution in [0.3, 0.4) is 0 Å². The normalized spacial score (nSPS) is 10.8. The third kappa shape index (κ3) is 5.06. The van der Waals surface area contributed by atoms with Crippen molar-refractivity contribution >= 4 is 22.0 Å². The second kappa shape index (κ2) is 8.44. The Labute approximate surface area is 147 Å². The Hall–Kier alpha value is -2.41. The van der Waals surface area contributed by atoms with Crippen molar-refractivity contribution < 1.29 is 18.8 Å². The first-order valence-electron chi connectivity index (χ1n) is 7.15. The molecule has 0 saturated carbocycles. The number of ether oxygens (including phenoxy) is 2. The van der Waals surface area contributed by atoms with Gasteiger partial charge in [-0.3, -0.25) is 10.1 Å². The molecular formula is C17H15BrFNO4. The number of hydrogen-bond acceptors (Lipinski definition) is 4. The fourth-order valence-corrected chi connectivity index (χ4v) is 2.54. The Kier molecular flexibility index (Phi) is 6.31. The molecule has 0 aliphatic carbocycles. The van der Waals surface area contributed by atoms with Gasteiger partial charge in [0.1, 0.15) is 12.4 Å². The summed E-state index contributed by atoms with van der Waals surface area (Å²) in [5, 5.41) is 10.4. The molecule has 0 bridgehead atoms. The van der Waals surface area contributed by atoms with Crippen molar-refractivity contribution in [1.29, 1.82) is 0 Å². The van der Waals surface area contributed by atoms with E-state index in [1.807, 2.05) is 6.92 Å². The maximum absolute atomic E-state index is 12.9. The Morgan fingerprint density at radius 3 is 2.58 bits per heavy atom. The lowest BCUT2D eigenvalue weighted by Gasteiger charge is -2.14. The maximum Gasteiger partial charge on any atom is 0.235 e. The third-order valence-electron chi connectivity index (χ3n) is 3.02. The van der Waals surface area contributed by atoms with Crippen LogP contribution in [-0.4, -0.2) is 11.5 Å². The van der Waals surface area contributed by atoms with Crippen molar-refractivity contribution in [2.24, 2.45) is 0 Å². The molecular weight excluding hydrogens is 381 g/mol. The molecule has 0 radical (unpaired) electrons. The van der Waals surface area contributed by atoms with E-state index >= 15 is 0 Å². The lowest BCUT2D eigenvalue weighted by atomic mass is 10.2. The van der Waals surface area contributed by atoms with Gasteiger partial charge in [0.15, 0.2) is 11.5 Å². The van der Waals surface area contributed by atoms with Crippen LogP contribution in [0.4, 0.5) is 4.39 Å². The van der Waals surface area contributed by atoms with E-state index in [9.17, 15) is 14.5 Å². The molecule has 2 rings (SSSR count). The topological polar surface area (TPSA) is 61.6 Å². The first kappa shape index (κ1) is 17.9. The highest BCUT2D eigenvalue weighted by molar-refractivity contribution is 9.10. The van der Waals surface area contributed by atoms with Crippen LogP contribution in [0.2, 0.25) is 0 Å². The van der Waals surface area contributed by atoms with Crippen LogP contribution in [0.15, 0.2) is 47.1 Å². The summed E-state index contributed by atoms with van der Waals surface area (Å²) in [5.74, 6) is 0.647. The summed E-state index contributed by atoms with van der Waals surface area (Å²) < 4.78 is 24.9. The third-order valence-corrected chi connectivity index (χ3v) is 3.61. The summed E-state index contributed by atoms with van der Waals surface area (Å²) in [6, 6.07) is 9.36. The number of hydrogen-bond donors (Lipinski definition) is 0. The van der Waals surface area contributed by atoms with E-state index in [0.717, 1.165) is 11.8 Å². The number of rotatable bonds is 7. The fraction of sp³-hybridized carbons (Fsp3) is 0.176. The standard InChI is InChI=1S/C17H15BrFNO4/c1-2-23-16-10-13(7-8-20(21)22)9-15(18)17(16)24-11-12-3-5-14(19)6-4-12/h3-10H,2,11H2,1H3. The summed E-state index contributed by atoms with van der Waals surface area (Å²) >= 11 is 3.39. The van der Waals surface area contributed by atoms with Crippen LogP contribution >= 0.6 is 15.9 Å². The van der Waals surface area contributed by atoms with Gasteiger partial charge in [0.05, 0.1) is 16.0 Å². The quantitative estimate of drug-likeness (QED) is 0.498. The van der Waals surface area contributed by atoms with Crippen molar-refractivity contribution in [3.05, 3.63) is 74.1 Å². The Bertz CT molecular complexity index is 747. The highest BCUT2D eigenvalue weighted by Crippen LogP contribution is 2.37. The zero-order valence-corrected chi connectivity index (χ0v) is 14.5. The van der Waals surface area contributed by atoms with Gasteiger partial charge in [-0.05, 0) is 58.2 Å². The zero-order chi connectivity index (χ0) is 17.5. The lowest BCUT2D eigenvalue weighted by molar-refractivity contribution is -0.400. The van der Waals surface area contributed by atoms with Crippen LogP contribution in [0, 0.1) is 15.9 Å². The monoisotopic (exact) mass is 395 g/mol. The number of nitrogens with zero attached hydrogens (tertiary/aromatic N) is 1. The van der Waals surface area contributed by atoms with E-state index in [1.165, 1.54) is 18.2 Å².